The standard InChI is InChI=1S/C19H30N2O2/c1-15(2)17-7-5-16(6-8-17)13-21(18-9-10-18)14-19(22)20-11-4-12-23-3/h5-8,15,18H,4,9-14H2,1-3H3,(H,20,22). The number of rotatable bonds is 10. The molecule has 23 heavy (non-hydrogen) atoms. The summed E-state index contributed by atoms with van der Waals surface area (Å²) in [5.41, 5.74) is 2.65. The summed E-state index contributed by atoms with van der Waals surface area (Å²) in [5, 5.41) is 2.98. The molecule has 0 heterocycles. The van der Waals surface area contributed by atoms with Gasteiger partial charge >= 0.3 is 0 Å². The first kappa shape index (κ1) is 18.0. The van der Waals surface area contributed by atoms with Crippen LogP contribution < -0.4 is 5.32 Å². The molecule has 4 heteroatoms. The average Bonchev–Trinajstić information content (AvgIpc) is 3.36. The Morgan fingerprint density at radius 3 is 2.57 bits per heavy atom. The molecule has 0 bridgehead atoms. The number of hydrogen-bond donors (Lipinski definition) is 1. The van der Waals surface area contributed by atoms with Crippen LogP contribution in [0, 0.1) is 0 Å². The zero-order chi connectivity index (χ0) is 16.7. The normalized spacial score (nSPS) is 14.5. The van der Waals surface area contributed by atoms with Crippen molar-refractivity contribution in [2.75, 3.05) is 26.8 Å². The van der Waals surface area contributed by atoms with Gasteiger partial charge in [-0.15, -0.1) is 0 Å². The van der Waals surface area contributed by atoms with Crippen LogP contribution in [-0.2, 0) is 16.1 Å². The van der Waals surface area contributed by atoms with E-state index in [4.69, 9.17) is 4.74 Å². The molecule has 1 aromatic rings. The summed E-state index contributed by atoms with van der Waals surface area (Å²) in [7, 11) is 1.68. The Balaban J connectivity index is 1.83. The van der Waals surface area contributed by atoms with Gasteiger partial charge in [-0.2, -0.15) is 0 Å². The number of amides is 1. The van der Waals surface area contributed by atoms with Crippen LogP contribution in [0.4, 0.5) is 0 Å². The second kappa shape index (κ2) is 9.04. The average molecular weight is 318 g/mol. The van der Waals surface area contributed by atoms with Gasteiger partial charge in [0.1, 0.15) is 0 Å². The van der Waals surface area contributed by atoms with Gasteiger partial charge in [-0.25, -0.2) is 0 Å². The number of methoxy groups -OCH3 is 1. The summed E-state index contributed by atoms with van der Waals surface area (Å²) in [6.45, 7) is 7.14. The molecule has 1 aromatic carbocycles. The fraction of sp³-hybridized carbons (Fsp3) is 0.632. The summed E-state index contributed by atoms with van der Waals surface area (Å²) >= 11 is 0. The maximum atomic E-state index is 12.1. The van der Waals surface area contributed by atoms with Crippen LogP contribution in [-0.4, -0.2) is 43.7 Å². The van der Waals surface area contributed by atoms with Crippen molar-refractivity contribution < 1.29 is 9.53 Å². The van der Waals surface area contributed by atoms with E-state index in [0.29, 0.717) is 31.7 Å². The highest BCUT2D eigenvalue weighted by atomic mass is 16.5. The summed E-state index contributed by atoms with van der Waals surface area (Å²) < 4.78 is 5.00. The predicted molar refractivity (Wildman–Crippen MR) is 93.5 cm³/mol. The summed E-state index contributed by atoms with van der Waals surface area (Å²) in [4.78, 5) is 14.4. The maximum absolute atomic E-state index is 12.1. The number of nitrogens with zero attached hydrogens (tertiary/aromatic N) is 1. The van der Waals surface area contributed by atoms with Crippen LogP contribution in [0.3, 0.4) is 0 Å². The second-order valence-corrected chi connectivity index (χ2v) is 6.73. The number of hydrogen-bond acceptors (Lipinski definition) is 3. The van der Waals surface area contributed by atoms with Crippen molar-refractivity contribution in [3.8, 4) is 0 Å². The topological polar surface area (TPSA) is 41.6 Å². The Labute approximate surface area is 140 Å². The molecule has 0 aliphatic heterocycles. The molecule has 0 radical (unpaired) electrons. The number of nitrogens with one attached hydrogen (secondary N) is 1. The fourth-order valence-electron chi connectivity index (χ4n) is 2.68. The molecule has 1 saturated carbocycles. The second-order valence-electron chi connectivity index (χ2n) is 6.73. The largest absolute Gasteiger partial charge is 0.385 e. The van der Waals surface area contributed by atoms with Gasteiger partial charge < -0.3 is 10.1 Å². The molecule has 0 atom stereocenters. The molecule has 1 aliphatic rings. The van der Waals surface area contributed by atoms with E-state index in [9.17, 15) is 4.79 Å². The van der Waals surface area contributed by atoms with Crippen LogP contribution >= 0.6 is 0 Å². The van der Waals surface area contributed by atoms with Crippen molar-refractivity contribution in [1.29, 1.82) is 0 Å². The van der Waals surface area contributed by atoms with Crippen molar-refractivity contribution in [2.24, 2.45) is 0 Å². The molecule has 2 rings (SSSR count). The first-order chi connectivity index (χ1) is 11.1. The lowest BCUT2D eigenvalue weighted by molar-refractivity contribution is -0.122. The van der Waals surface area contributed by atoms with E-state index in [1.807, 2.05) is 0 Å². The van der Waals surface area contributed by atoms with Crippen LogP contribution in [0.15, 0.2) is 24.3 Å². The Bertz CT molecular complexity index is 481. The molecule has 128 valence electrons. The molecule has 0 aromatic heterocycles. The quantitative estimate of drug-likeness (QED) is 0.674. The summed E-state index contributed by atoms with van der Waals surface area (Å²) in [5.74, 6) is 0.674. The van der Waals surface area contributed by atoms with E-state index < -0.39 is 0 Å². The highest BCUT2D eigenvalue weighted by molar-refractivity contribution is 5.78. The van der Waals surface area contributed by atoms with Crippen molar-refractivity contribution in [1.82, 2.24) is 10.2 Å². The van der Waals surface area contributed by atoms with Crippen LogP contribution in [0.25, 0.3) is 0 Å². The van der Waals surface area contributed by atoms with Crippen molar-refractivity contribution in [3.05, 3.63) is 35.4 Å². The lowest BCUT2D eigenvalue weighted by Crippen LogP contribution is -2.38. The third kappa shape index (κ3) is 6.32. The minimum Gasteiger partial charge on any atom is -0.385 e. The number of carbonyl (C=O) groups excluding carboxylic acids is 1. The molecular weight excluding hydrogens is 288 g/mol. The summed E-state index contributed by atoms with van der Waals surface area (Å²) in [6.07, 6.45) is 3.28. The monoisotopic (exact) mass is 318 g/mol. The van der Waals surface area contributed by atoms with E-state index in [2.05, 4.69) is 48.3 Å². The molecule has 0 unspecified atom stereocenters. The Morgan fingerprint density at radius 2 is 2.00 bits per heavy atom. The van der Waals surface area contributed by atoms with Crippen LogP contribution in [0.2, 0.25) is 0 Å². The predicted octanol–water partition coefficient (Wildman–Crippen LogP) is 2.93. The van der Waals surface area contributed by atoms with Gasteiger partial charge in [0.2, 0.25) is 5.91 Å². The first-order valence-electron chi connectivity index (χ1n) is 8.68. The molecule has 1 aliphatic carbocycles. The lowest BCUT2D eigenvalue weighted by atomic mass is 10.0. The highest BCUT2D eigenvalue weighted by Gasteiger charge is 2.30. The fourth-order valence-corrected chi connectivity index (χ4v) is 2.68. The van der Waals surface area contributed by atoms with E-state index >= 15 is 0 Å². The number of carbonyl (C=O) groups is 1. The van der Waals surface area contributed by atoms with Crippen molar-refractivity contribution in [2.45, 2.75) is 51.6 Å². The van der Waals surface area contributed by atoms with Gasteiger partial charge in [-0.05, 0) is 36.3 Å². The zero-order valence-corrected chi connectivity index (χ0v) is 14.7. The molecule has 1 amide bonds. The molecule has 4 nitrogen and oxygen atoms in total. The maximum Gasteiger partial charge on any atom is 0.234 e. The zero-order valence-electron chi connectivity index (χ0n) is 14.7. The van der Waals surface area contributed by atoms with E-state index in [1.165, 1.54) is 24.0 Å². The first-order valence-corrected chi connectivity index (χ1v) is 8.68. The van der Waals surface area contributed by atoms with Crippen LogP contribution in [0.5, 0.6) is 0 Å². The summed E-state index contributed by atoms with van der Waals surface area (Å²) in [6, 6.07) is 9.37. The van der Waals surface area contributed by atoms with E-state index in [0.717, 1.165) is 13.0 Å². The minimum absolute atomic E-state index is 0.117. The van der Waals surface area contributed by atoms with Crippen LogP contribution in [0.1, 0.15) is 50.2 Å². The lowest BCUT2D eigenvalue weighted by Gasteiger charge is -2.22. The Hall–Kier alpha value is -1.39. The molecule has 0 spiro atoms. The van der Waals surface area contributed by atoms with Crippen molar-refractivity contribution in [3.63, 3.8) is 0 Å². The molecule has 1 N–H and O–H groups in total. The minimum atomic E-state index is 0.117. The van der Waals surface area contributed by atoms with Gasteiger partial charge in [-0.1, -0.05) is 38.1 Å². The smallest absolute Gasteiger partial charge is 0.234 e. The van der Waals surface area contributed by atoms with Gasteiger partial charge in [0.05, 0.1) is 6.54 Å². The molecular formula is C19H30N2O2. The molecule has 1 fully saturated rings. The van der Waals surface area contributed by atoms with Gasteiger partial charge in [0.15, 0.2) is 0 Å². The number of ether oxygens (including phenoxy) is 1. The SMILES string of the molecule is COCCCNC(=O)CN(Cc1ccc(C(C)C)cc1)C1CC1. The van der Waals surface area contributed by atoms with E-state index in [-0.39, 0.29) is 5.91 Å². The number of benzene rings is 1. The Kier molecular flexibility index (Phi) is 7.06. The molecule has 0 saturated heterocycles. The third-order valence-corrected chi connectivity index (χ3v) is 4.29. The highest BCUT2D eigenvalue weighted by Crippen LogP contribution is 2.28. The van der Waals surface area contributed by atoms with Gasteiger partial charge in [0, 0.05) is 32.8 Å². The van der Waals surface area contributed by atoms with Gasteiger partial charge in [0.25, 0.3) is 0 Å². The van der Waals surface area contributed by atoms with Crippen molar-refractivity contribution >= 4 is 5.91 Å². The van der Waals surface area contributed by atoms with E-state index in [1.54, 1.807) is 7.11 Å². The third-order valence-electron chi connectivity index (χ3n) is 4.29. The van der Waals surface area contributed by atoms with Gasteiger partial charge in [-0.3, -0.25) is 9.69 Å². The Morgan fingerprint density at radius 1 is 1.30 bits per heavy atom.